The lowest BCUT2D eigenvalue weighted by Crippen LogP contribution is -2.15. The van der Waals surface area contributed by atoms with Gasteiger partial charge in [0.05, 0.1) is 5.69 Å². The van der Waals surface area contributed by atoms with E-state index in [1.54, 1.807) is 0 Å². The summed E-state index contributed by atoms with van der Waals surface area (Å²) in [7, 11) is 0. The number of carboxylic acid groups (broad SMARTS) is 1. The van der Waals surface area contributed by atoms with Crippen LogP contribution in [0.25, 0.3) is 5.69 Å². The summed E-state index contributed by atoms with van der Waals surface area (Å²) in [6.07, 6.45) is 2.79. The minimum Gasteiger partial charge on any atom is -0.476 e. The van der Waals surface area contributed by atoms with Crippen LogP contribution in [0.5, 0.6) is 0 Å². The highest BCUT2D eigenvalue weighted by atomic mass is 16.4. The Morgan fingerprint density at radius 1 is 1.38 bits per heavy atom. The normalized spacial score (nSPS) is 17.6. The molecule has 3 rings (SSSR count). The minimum absolute atomic E-state index is 0.220. The largest absolute Gasteiger partial charge is 0.476 e. The third-order valence-electron chi connectivity index (χ3n) is 4.31. The highest BCUT2D eigenvalue weighted by molar-refractivity contribution is 5.87. The van der Waals surface area contributed by atoms with Gasteiger partial charge in [0.2, 0.25) is 0 Å². The van der Waals surface area contributed by atoms with Gasteiger partial charge in [-0.2, -0.15) is 5.10 Å². The molecule has 1 aliphatic rings. The Labute approximate surface area is 124 Å². The first-order chi connectivity index (χ1) is 9.97. The summed E-state index contributed by atoms with van der Waals surface area (Å²) in [5.74, 6) is -0.406. The maximum atomic E-state index is 11.5. The molecule has 1 N–H and O–H groups in total. The quantitative estimate of drug-likeness (QED) is 0.920. The standard InChI is InChI=1S/C17H20N2O2/c1-10-5-7-14-13(8-10)16(17(20)21)18-19(14)15-9-11(2)4-6-12(15)3/h4,6,9-10H,5,7-8H2,1-3H3,(H,20,21). The molecule has 0 spiro atoms. The molecule has 2 aromatic rings. The van der Waals surface area contributed by atoms with Crippen molar-refractivity contribution in [1.82, 2.24) is 9.78 Å². The van der Waals surface area contributed by atoms with Crippen LogP contribution in [0.3, 0.4) is 0 Å². The topological polar surface area (TPSA) is 55.1 Å². The number of aryl methyl sites for hydroxylation is 2. The van der Waals surface area contributed by atoms with Gasteiger partial charge in [-0.1, -0.05) is 19.1 Å². The predicted molar refractivity (Wildman–Crippen MR) is 81.2 cm³/mol. The molecule has 1 aliphatic carbocycles. The average Bonchev–Trinajstić information content (AvgIpc) is 2.80. The fraction of sp³-hybridized carbons (Fsp3) is 0.412. The lowest BCUT2D eigenvalue weighted by molar-refractivity contribution is 0.0688. The molecule has 4 heteroatoms. The van der Waals surface area contributed by atoms with Crippen LogP contribution in [0.15, 0.2) is 18.2 Å². The molecule has 0 fully saturated rings. The number of rotatable bonds is 2. The lowest BCUT2D eigenvalue weighted by atomic mass is 9.87. The second kappa shape index (κ2) is 5.02. The van der Waals surface area contributed by atoms with Gasteiger partial charge in [-0.15, -0.1) is 0 Å². The minimum atomic E-state index is -0.926. The van der Waals surface area contributed by atoms with Crippen molar-refractivity contribution in [1.29, 1.82) is 0 Å². The molecular weight excluding hydrogens is 264 g/mol. The van der Waals surface area contributed by atoms with E-state index in [-0.39, 0.29) is 5.69 Å². The number of aromatic carboxylic acids is 1. The van der Waals surface area contributed by atoms with Crippen molar-refractivity contribution in [2.45, 2.75) is 40.0 Å². The van der Waals surface area contributed by atoms with Gasteiger partial charge in [-0.3, -0.25) is 0 Å². The fourth-order valence-electron chi connectivity index (χ4n) is 3.11. The van der Waals surface area contributed by atoms with Gasteiger partial charge in [0.15, 0.2) is 5.69 Å². The van der Waals surface area contributed by atoms with Gasteiger partial charge in [-0.05, 0) is 56.2 Å². The molecule has 1 atom stereocenters. The van der Waals surface area contributed by atoms with Crippen molar-refractivity contribution in [3.05, 3.63) is 46.3 Å². The zero-order chi connectivity index (χ0) is 15.1. The highest BCUT2D eigenvalue weighted by Crippen LogP contribution is 2.30. The molecule has 0 saturated heterocycles. The van der Waals surface area contributed by atoms with Gasteiger partial charge in [-0.25, -0.2) is 9.48 Å². The summed E-state index contributed by atoms with van der Waals surface area (Å²) in [4.78, 5) is 11.5. The third kappa shape index (κ3) is 2.35. The second-order valence-corrected chi connectivity index (χ2v) is 6.13. The molecule has 0 aliphatic heterocycles. The number of hydrogen-bond donors (Lipinski definition) is 1. The Morgan fingerprint density at radius 2 is 2.14 bits per heavy atom. The van der Waals surface area contributed by atoms with E-state index in [1.807, 2.05) is 18.5 Å². The maximum Gasteiger partial charge on any atom is 0.356 e. The molecule has 1 unspecified atom stereocenters. The predicted octanol–water partition coefficient (Wildman–Crippen LogP) is 3.31. The maximum absolute atomic E-state index is 11.5. The van der Waals surface area contributed by atoms with Gasteiger partial charge < -0.3 is 5.11 Å². The second-order valence-electron chi connectivity index (χ2n) is 6.13. The first-order valence-corrected chi connectivity index (χ1v) is 7.39. The Balaban J connectivity index is 2.22. The van der Waals surface area contributed by atoms with Gasteiger partial charge in [0, 0.05) is 11.3 Å². The average molecular weight is 284 g/mol. The Hall–Kier alpha value is -2.10. The molecule has 1 heterocycles. The van der Waals surface area contributed by atoms with E-state index >= 15 is 0 Å². The number of benzene rings is 1. The van der Waals surface area contributed by atoms with Crippen molar-refractivity contribution in [2.75, 3.05) is 0 Å². The van der Waals surface area contributed by atoms with Crippen LogP contribution in [-0.2, 0) is 12.8 Å². The van der Waals surface area contributed by atoms with Crippen LogP contribution in [0.4, 0.5) is 0 Å². The Morgan fingerprint density at radius 3 is 2.86 bits per heavy atom. The summed E-state index contributed by atoms with van der Waals surface area (Å²) in [6, 6.07) is 6.20. The first kappa shape index (κ1) is 13.9. The Bertz CT molecular complexity index is 716. The van der Waals surface area contributed by atoms with Crippen LogP contribution in [0.2, 0.25) is 0 Å². The van der Waals surface area contributed by atoms with Crippen molar-refractivity contribution in [3.63, 3.8) is 0 Å². The summed E-state index contributed by atoms with van der Waals surface area (Å²) < 4.78 is 1.85. The molecule has 0 saturated carbocycles. The lowest BCUT2D eigenvalue weighted by Gasteiger charge is -2.20. The number of aromatic nitrogens is 2. The van der Waals surface area contributed by atoms with E-state index in [2.05, 4.69) is 30.2 Å². The number of hydrogen-bond acceptors (Lipinski definition) is 2. The fourth-order valence-corrected chi connectivity index (χ4v) is 3.11. The van der Waals surface area contributed by atoms with Crippen LogP contribution in [-0.4, -0.2) is 20.9 Å². The van der Waals surface area contributed by atoms with Crippen molar-refractivity contribution >= 4 is 5.97 Å². The molecule has 0 radical (unpaired) electrons. The summed E-state index contributed by atoms with van der Waals surface area (Å²) in [5.41, 5.74) is 5.47. The SMILES string of the molecule is Cc1ccc(C)c(-n2nc(C(=O)O)c3c2CCC(C)C3)c1. The van der Waals surface area contributed by atoms with E-state index in [9.17, 15) is 9.90 Å². The van der Waals surface area contributed by atoms with Gasteiger partial charge in [0.1, 0.15) is 0 Å². The molecule has 1 aromatic heterocycles. The van der Waals surface area contributed by atoms with E-state index in [1.165, 1.54) is 0 Å². The number of carbonyl (C=O) groups is 1. The highest BCUT2D eigenvalue weighted by Gasteiger charge is 2.28. The number of fused-ring (bicyclic) bond motifs is 1. The monoisotopic (exact) mass is 284 g/mol. The third-order valence-corrected chi connectivity index (χ3v) is 4.31. The molecule has 0 bridgehead atoms. The number of nitrogens with zero attached hydrogens (tertiary/aromatic N) is 2. The van der Waals surface area contributed by atoms with Gasteiger partial charge >= 0.3 is 5.97 Å². The zero-order valence-electron chi connectivity index (χ0n) is 12.7. The van der Waals surface area contributed by atoms with E-state index in [0.29, 0.717) is 5.92 Å². The van der Waals surface area contributed by atoms with Crippen molar-refractivity contribution in [3.8, 4) is 5.69 Å². The van der Waals surface area contributed by atoms with Crippen molar-refractivity contribution < 1.29 is 9.90 Å². The van der Waals surface area contributed by atoms with Crippen molar-refractivity contribution in [2.24, 2.45) is 5.92 Å². The molecule has 1 aromatic carbocycles. The van der Waals surface area contributed by atoms with E-state index < -0.39 is 5.97 Å². The zero-order valence-corrected chi connectivity index (χ0v) is 12.7. The smallest absolute Gasteiger partial charge is 0.356 e. The number of carboxylic acids is 1. The van der Waals surface area contributed by atoms with E-state index in [0.717, 1.165) is 47.3 Å². The van der Waals surface area contributed by atoms with Crippen LogP contribution in [0.1, 0.15) is 46.2 Å². The molecule has 110 valence electrons. The summed E-state index contributed by atoms with van der Waals surface area (Å²) in [6.45, 7) is 6.25. The Kier molecular flexibility index (Phi) is 3.32. The van der Waals surface area contributed by atoms with Crippen LogP contribution in [0, 0.1) is 19.8 Å². The summed E-state index contributed by atoms with van der Waals surface area (Å²) >= 11 is 0. The molecule has 4 nitrogen and oxygen atoms in total. The van der Waals surface area contributed by atoms with Crippen LogP contribution < -0.4 is 0 Å². The molecular formula is C17H20N2O2. The van der Waals surface area contributed by atoms with Gasteiger partial charge in [0.25, 0.3) is 0 Å². The molecule has 0 amide bonds. The molecule has 21 heavy (non-hydrogen) atoms. The van der Waals surface area contributed by atoms with E-state index in [4.69, 9.17) is 0 Å². The first-order valence-electron chi connectivity index (χ1n) is 7.39. The summed E-state index contributed by atoms with van der Waals surface area (Å²) in [5, 5.41) is 13.9. The van der Waals surface area contributed by atoms with Crippen LogP contribution >= 0.6 is 0 Å².